The number of benzene rings is 1. The van der Waals surface area contributed by atoms with Gasteiger partial charge in [0, 0.05) is 10.4 Å². The van der Waals surface area contributed by atoms with Crippen molar-refractivity contribution in [3.05, 3.63) is 39.8 Å². The van der Waals surface area contributed by atoms with Crippen LogP contribution in [0.25, 0.3) is 0 Å². The molecule has 0 saturated carbocycles. The lowest BCUT2D eigenvalue weighted by atomic mass is 9.95. The molecule has 4 N–H and O–H groups in total. The predicted octanol–water partition coefficient (Wildman–Crippen LogP) is 2.62. The van der Waals surface area contributed by atoms with Crippen molar-refractivity contribution in [3.8, 4) is 11.5 Å². The van der Waals surface area contributed by atoms with E-state index in [0.29, 0.717) is 40.8 Å². The Morgan fingerprint density at radius 3 is 2.64 bits per heavy atom. The van der Waals surface area contributed by atoms with Gasteiger partial charge in [-0.1, -0.05) is 0 Å². The van der Waals surface area contributed by atoms with E-state index in [1.54, 1.807) is 18.2 Å². The lowest BCUT2D eigenvalue weighted by Crippen LogP contribution is -2.34. The van der Waals surface area contributed by atoms with E-state index in [2.05, 4.69) is 10.6 Å². The fourth-order valence-corrected chi connectivity index (χ4v) is 4.97. The van der Waals surface area contributed by atoms with Crippen LogP contribution in [-0.2, 0) is 12.8 Å². The maximum atomic E-state index is 12.5. The number of hydrogen-bond donors (Lipinski definition) is 3. The van der Waals surface area contributed by atoms with Crippen molar-refractivity contribution in [2.24, 2.45) is 5.73 Å². The van der Waals surface area contributed by atoms with Gasteiger partial charge in [-0.15, -0.1) is 11.3 Å². The van der Waals surface area contributed by atoms with Crippen LogP contribution in [0, 0.1) is 0 Å². The van der Waals surface area contributed by atoms with E-state index in [9.17, 15) is 9.59 Å². The van der Waals surface area contributed by atoms with Gasteiger partial charge >= 0.3 is 0 Å². The summed E-state index contributed by atoms with van der Waals surface area (Å²) in [7, 11) is 0. The molecule has 2 amide bonds. The zero-order valence-electron chi connectivity index (χ0n) is 15.0. The van der Waals surface area contributed by atoms with Crippen LogP contribution in [0.15, 0.2) is 18.2 Å². The molecule has 0 saturated heterocycles. The molecule has 4 rings (SSSR count). The van der Waals surface area contributed by atoms with E-state index in [4.69, 9.17) is 27.4 Å². The first-order valence-corrected chi connectivity index (χ1v) is 10.2. The maximum absolute atomic E-state index is 12.5. The number of thiocarbonyl (C=S) groups is 1. The van der Waals surface area contributed by atoms with Gasteiger partial charge in [0.25, 0.3) is 11.8 Å². The van der Waals surface area contributed by atoms with Gasteiger partial charge in [0.1, 0.15) is 18.2 Å². The first-order chi connectivity index (χ1) is 13.5. The number of aryl methyl sites for hydroxylation is 1. The third kappa shape index (κ3) is 3.67. The second-order valence-electron chi connectivity index (χ2n) is 6.55. The van der Waals surface area contributed by atoms with E-state index in [0.717, 1.165) is 36.1 Å². The third-order valence-corrected chi connectivity index (χ3v) is 6.09. The first-order valence-electron chi connectivity index (χ1n) is 8.99. The highest BCUT2D eigenvalue weighted by Gasteiger charge is 2.25. The SMILES string of the molecule is NC(=O)c1c(NC(=S)NC(=O)c2ccc3c(c2)OCCO3)sc2c1CCCC2. The maximum Gasteiger partial charge on any atom is 0.257 e. The number of anilines is 1. The molecule has 1 aromatic carbocycles. The smallest absolute Gasteiger partial charge is 0.257 e. The molecule has 2 aromatic rings. The number of carbonyl (C=O) groups excluding carboxylic acids is 2. The minimum atomic E-state index is -0.483. The molecule has 146 valence electrons. The molecule has 0 spiro atoms. The number of hydrogen-bond acceptors (Lipinski definition) is 6. The molecule has 0 atom stereocenters. The zero-order chi connectivity index (χ0) is 19.7. The quantitative estimate of drug-likeness (QED) is 0.664. The largest absolute Gasteiger partial charge is 0.486 e. The average Bonchev–Trinajstić information content (AvgIpc) is 3.05. The average molecular weight is 418 g/mol. The van der Waals surface area contributed by atoms with Gasteiger partial charge in [0.2, 0.25) is 0 Å². The number of nitrogens with two attached hydrogens (primary N) is 1. The standard InChI is InChI=1S/C19H19N3O4S2/c20-16(23)15-11-3-1-2-4-14(11)28-18(15)22-19(27)21-17(24)10-5-6-12-13(9-10)26-8-7-25-12/h5-6,9H,1-4,7-8H2,(H2,20,23)(H2,21,22,24,27). The van der Waals surface area contributed by atoms with Gasteiger partial charge in [0.05, 0.1) is 5.56 Å². The van der Waals surface area contributed by atoms with Crippen molar-refractivity contribution in [3.63, 3.8) is 0 Å². The predicted molar refractivity (Wildman–Crippen MR) is 111 cm³/mol. The van der Waals surface area contributed by atoms with Gasteiger partial charge in [0.15, 0.2) is 16.6 Å². The highest BCUT2D eigenvalue weighted by molar-refractivity contribution is 7.80. The van der Waals surface area contributed by atoms with Crippen molar-refractivity contribution in [2.75, 3.05) is 18.5 Å². The van der Waals surface area contributed by atoms with Gasteiger partial charge in [-0.05, 0) is 61.7 Å². The van der Waals surface area contributed by atoms with Crippen LogP contribution in [0.2, 0.25) is 0 Å². The van der Waals surface area contributed by atoms with Crippen molar-refractivity contribution in [1.82, 2.24) is 5.32 Å². The number of carbonyl (C=O) groups is 2. The van der Waals surface area contributed by atoms with Crippen LogP contribution in [-0.4, -0.2) is 30.1 Å². The van der Waals surface area contributed by atoms with Gasteiger partial charge in [-0.2, -0.15) is 0 Å². The number of primary amides is 1. The van der Waals surface area contributed by atoms with Crippen molar-refractivity contribution >= 4 is 45.5 Å². The number of rotatable bonds is 3. The first kappa shape index (κ1) is 18.7. The molecule has 1 aromatic heterocycles. The summed E-state index contributed by atoms with van der Waals surface area (Å²) < 4.78 is 11.0. The lowest BCUT2D eigenvalue weighted by Gasteiger charge is -2.18. The Morgan fingerprint density at radius 1 is 1.11 bits per heavy atom. The number of amides is 2. The molecule has 0 radical (unpaired) electrons. The second-order valence-corrected chi connectivity index (χ2v) is 8.06. The molecule has 1 aliphatic heterocycles. The zero-order valence-corrected chi connectivity index (χ0v) is 16.6. The summed E-state index contributed by atoms with van der Waals surface area (Å²) in [6, 6.07) is 4.95. The molecular weight excluding hydrogens is 398 g/mol. The molecule has 28 heavy (non-hydrogen) atoms. The summed E-state index contributed by atoms with van der Waals surface area (Å²) in [5, 5.41) is 6.31. The topological polar surface area (TPSA) is 103 Å². The Morgan fingerprint density at radius 2 is 1.86 bits per heavy atom. The van der Waals surface area contributed by atoms with Crippen LogP contribution in [0.5, 0.6) is 11.5 Å². The summed E-state index contributed by atoms with van der Waals surface area (Å²) in [5.41, 5.74) is 7.47. The molecule has 2 heterocycles. The van der Waals surface area contributed by atoms with Gasteiger partial charge in [-0.3, -0.25) is 14.9 Å². The molecule has 7 nitrogen and oxygen atoms in total. The van der Waals surface area contributed by atoms with Crippen LogP contribution >= 0.6 is 23.6 Å². The third-order valence-electron chi connectivity index (χ3n) is 4.68. The summed E-state index contributed by atoms with van der Waals surface area (Å²) in [5.74, 6) is 0.276. The molecule has 0 bridgehead atoms. The molecule has 0 fully saturated rings. The van der Waals surface area contributed by atoms with Crippen molar-refractivity contribution < 1.29 is 19.1 Å². The van der Waals surface area contributed by atoms with E-state index >= 15 is 0 Å². The fraction of sp³-hybridized carbons (Fsp3) is 0.316. The molecular formula is C19H19N3O4S2. The van der Waals surface area contributed by atoms with Crippen LogP contribution in [0.3, 0.4) is 0 Å². The summed E-state index contributed by atoms with van der Waals surface area (Å²) in [6.07, 6.45) is 3.89. The van der Waals surface area contributed by atoms with Gasteiger partial charge < -0.3 is 20.5 Å². The number of nitrogens with one attached hydrogen (secondary N) is 2. The summed E-state index contributed by atoms with van der Waals surface area (Å²) >= 11 is 6.75. The number of fused-ring (bicyclic) bond motifs is 2. The number of ether oxygens (including phenoxy) is 2. The summed E-state index contributed by atoms with van der Waals surface area (Å²) in [6.45, 7) is 0.927. The van der Waals surface area contributed by atoms with E-state index < -0.39 is 5.91 Å². The Bertz CT molecular complexity index is 970. The van der Waals surface area contributed by atoms with Crippen molar-refractivity contribution in [2.45, 2.75) is 25.7 Å². The Labute approximate surface area is 171 Å². The second kappa shape index (κ2) is 7.76. The van der Waals surface area contributed by atoms with E-state index in [1.807, 2.05) is 0 Å². The molecule has 2 aliphatic rings. The molecule has 1 aliphatic carbocycles. The van der Waals surface area contributed by atoms with Crippen LogP contribution in [0.1, 0.15) is 44.0 Å². The van der Waals surface area contributed by atoms with E-state index in [1.165, 1.54) is 11.3 Å². The minimum Gasteiger partial charge on any atom is -0.486 e. The van der Waals surface area contributed by atoms with Gasteiger partial charge in [-0.25, -0.2) is 0 Å². The van der Waals surface area contributed by atoms with Crippen LogP contribution < -0.4 is 25.8 Å². The highest BCUT2D eigenvalue weighted by Crippen LogP contribution is 2.38. The molecule has 9 heteroatoms. The van der Waals surface area contributed by atoms with Crippen molar-refractivity contribution in [1.29, 1.82) is 0 Å². The Balaban J connectivity index is 1.48. The minimum absolute atomic E-state index is 0.112. The van der Waals surface area contributed by atoms with Crippen LogP contribution in [0.4, 0.5) is 5.00 Å². The monoisotopic (exact) mass is 417 g/mol. The fourth-order valence-electron chi connectivity index (χ4n) is 3.41. The highest BCUT2D eigenvalue weighted by atomic mass is 32.1. The van der Waals surface area contributed by atoms with E-state index in [-0.39, 0.29) is 11.0 Å². The normalized spacial score (nSPS) is 14.7. The number of thiophene rings is 1. The summed E-state index contributed by atoms with van der Waals surface area (Å²) in [4.78, 5) is 25.6. The Hall–Kier alpha value is -2.65. The molecule has 0 unspecified atom stereocenters. The Kier molecular flexibility index (Phi) is 5.19. The lowest BCUT2D eigenvalue weighted by molar-refractivity contribution is 0.0974.